The Kier molecular flexibility index (Phi) is 4.55. The van der Waals surface area contributed by atoms with Crippen molar-refractivity contribution >= 4 is 28.4 Å². The second-order valence-corrected chi connectivity index (χ2v) is 6.81. The predicted octanol–water partition coefficient (Wildman–Crippen LogP) is 1.75. The third kappa shape index (κ3) is 3.33. The van der Waals surface area contributed by atoms with Crippen LogP contribution in [0.1, 0.15) is 23.6 Å². The Balaban J connectivity index is 1.80. The van der Waals surface area contributed by atoms with Crippen LogP contribution in [-0.4, -0.2) is 42.0 Å². The fourth-order valence-electron chi connectivity index (χ4n) is 3.21. The van der Waals surface area contributed by atoms with E-state index in [0.29, 0.717) is 5.15 Å². The van der Waals surface area contributed by atoms with Crippen LogP contribution in [0.2, 0.25) is 5.15 Å². The summed E-state index contributed by atoms with van der Waals surface area (Å²) in [6, 6.07) is 6.42. The van der Waals surface area contributed by atoms with Crippen LogP contribution in [0.3, 0.4) is 0 Å². The molecule has 1 aromatic heterocycles. The van der Waals surface area contributed by atoms with Crippen molar-refractivity contribution in [2.24, 2.45) is 0 Å². The van der Waals surface area contributed by atoms with Crippen LogP contribution < -0.4 is 4.90 Å². The maximum atomic E-state index is 11.4. The summed E-state index contributed by atoms with van der Waals surface area (Å²) in [5.74, 6) is 0.167. The van der Waals surface area contributed by atoms with E-state index in [-0.39, 0.29) is 5.91 Å². The molecule has 0 unspecified atom stereocenters. The second-order valence-electron chi connectivity index (χ2n) is 6.45. The molecule has 0 bridgehead atoms. The number of hydrogen-bond donors (Lipinski definition) is 1. The van der Waals surface area contributed by atoms with Gasteiger partial charge in [-0.15, -0.1) is 0 Å². The molecule has 0 aliphatic carbocycles. The average molecular weight is 333 g/mol. The van der Waals surface area contributed by atoms with Gasteiger partial charge < -0.3 is 9.80 Å². The molecule has 3 rings (SSSR count). The Bertz CT molecular complexity index is 752. The summed E-state index contributed by atoms with van der Waals surface area (Å²) in [7, 11) is 0. The van der Waals surface area contributed by atoms with E-state index in [4.69, 9.17) is 11.6 Å². The van der Waals surface area contributed by atoms with Gasteiger partial charge in [0.05, 0.1) is 31.7 Å². The van der Waals surface area contributed by atoms with E-state index in [1.807, 2.05) is 4.90 Å². The molecule has 1 aliphatic heterocycles. The molecule has 1 N–H and O–H groups in total. The summed E-state index contributed by atoms with van der Waals surface area (Å²) in [5.41, 5.74) is 4.52. The molecule has 1 amide bonds. The summed E-state index contributed by atoms with van der Waals surface area (Å²) in [6.45, 7) is 10.2. The van der Waals surface area contributed by atoms with E-state index in [1.54, 1.807) is 6.92 Å². The van der Waals surface area contributed by atoms with Crippen molar-refractivity contribution in [3.8, 4) is 0 Å². The first-order valence-corrected chi connectivity index (χ1v) is 8.48. The summed E-state index contributed by atoms with van der Waals surface area (Å²) in [5, 5.41) is 1.75. The fourth-order valence-corrected chi connectivity index (χ4v) is 3.42. The molecule has 5 heteroatoms. The summed E-state index contributed by atoms with van der Waals surface area (Å²) in [6.07, 6.45) is 0. The standard InChI is InChI=1S/C18H22ClN3O/c1-12-4-5-15-10-16(18(19)20-17(15)13(12)2)11-21-6-8-22(9-7-21)14(3)23/h4-5,10H,6-9,11H2,1-3H3/p+1. The number of hydrogen-bond acceptors (Lipinski definition) is 2. The molecule has 4 nitrogen and oxygen atoms in total. The van der Waals surface area contributed by atoms with Gasteiger partial charge in [-0.3, -0.25) is 4.79 Å². The van der Waals surface area contributed by atoms with Crippen LogP contribution in [0.5, 0.6) is 0 Å². The van der Waals surface area contributed by atoms with Gasteiger partial charge >= 0.3 is 0 Å². The topological polar surface area (TPSA) is 37.6 Å². The molecule has 0 saturated carbocycles. The number of carbonyl (C=O) groups excluding carboxylic acids is 1. The molecular weight excluding hydrogens is 310 g/mol. The van der Waals surface area contributed by atoms with E-state index in [1.165, 1.54) is 16.0 Å². The summed E-state index contributed by atoms with van der Waals surface area (Å²) < 4.78 is 0. The smallest absolute Gasteiger partial charge is 0.219 e. The fraction of sp³-hybridized carbons (Fsp3) is 0.444. The zero-order valence-electron chi connectivity index (χ0n) is 13.9. The summed E-state index contributed by atoms with van der Waals surface area (Å²) in [4.78, 5) is 19.4. The number of aromatic nitrogens is 1. The molecule has 1 aromatic carbocycles. The lowest BCUT2D eigenvalue weighted by Gasteiger charge is -2.31. The minimum Gasteiger partial charge on any atom is -0.332 e. The molecule has 0 radical (unpaired) electrons. The molecule has 1 saturated heterocycles. The van der Waals surface area contributed by atoms with E-state index < -0.39 is 0 Å². The van der Waals surface area contributed by atoms with Gasteiger partial charge in [0, 0.05) is 17.9 Å². The molecule has 1 aliphatic rings. The van der Waals surface area contributed by atoms with Gasteiger partial charge in [0.15, 0.2) is 0 Å². The highest BCUT2D eigenvalue weighted by Gasteiger charge is 2.22. The number of fused-ring (bicyclic) bond motifs is 1. The van der Waals surface area contributed by atoms with Crippen molar-refractivity contribution in [3.63, 3.8) is 0 Å². The van der Waals surface area contributed by atoms with Crippen LogP contribution in [0.4, 0.5) is 0 Å². The molecule has 2 aromatic rings. The average Bonchev–Trinajstić information content (AvgIpc) is 2.53. The highest BCUT2D eigenvalue weighted by Crippen LogP contribution is 2.24. The van der Waals surface area contributed by atoms with E-state index >= 15 is 0 Å². The zero-order chi connectivity index (χ0) is 16.6. The van der Waals surface area contributed by atoms with Gasteiger partial charge in [0.25, 0.3) is 0 Å². The van der Waals surface area contributed by atoms with Crippen molar-refractivity contribution in [2.75, 3.05) is 26.2 Å². The Labute approximate surface area is 142 Å². The monoisotopic (exact) mass is 332 g/mol. The number of aryl methyl sites for hydroxylation is 2. The first kappa shape index (κ1) is 16.2. The largest absolute Gasteiger partial charge is 0.332 e. The lowest BCUT2D eigenvalue weighted by atomic mass is 10.0. The molecule has 122 valence electrons. The number of benzene rings is 1. The van der Waals surface area contributed by atoms with Gasteiger partial charge in [-0.1, -0.05) is 23.7 Å². The number of carbonyl (C=O) groups is 1. The molecular formula is C18H23ClN3O+. The highest BCUT2D eigenvalue weighted by atomic mass is 35.5. The number of quaternary nitrogens is 1. The van der Waals surface area contributed by atoms with Crippen LogP contribution in [0.25, 0.3) is 10.9 Å². The normalized spacial score (nSPS) is 16.1. The van der Waals surface area contributed by atoms with E-state index in [2.05, 4.69) is 37.0 Å². The van der Waals surface area contributed by atoms with Crippen LogP contribution in [0.15, 0.2) is 18.2 Å². The maximum Gasteiger partial charge on any atom is 0.219 e. The Morgan fingerprint density at radius 3 is 2.65 bits per heavy atom. The van der Waals surface area contributed by atoms with Crippen molar-refractivity contribution in [1.82, 2.24) is 9.88 Å². The van der Waals surface area contributed by atoms with Crippen LogP contribution in [0, 0.1) is 13.8 Å². The highest BCUT2D eigenvalue weighted by molar-refractivity contribution is 6.30. The minimum atomic E-state index is 0.167. The molecule has 0 spiro atoms. The molecule has 23 heavy (non-hydrogen) atoms. The van der Waals surface area contributed by atoms with Gasteiger partial charge in [0.1, 0.15) is 11.7 Å². The minimum absolute atomic E-state index is 0.167. The van der Waals surface area contributed by atoms with Crippen molar-refractivity contribution in [1.29, 1.82) is 0 Å². The Hall–Kier alpha value is -1.65. The number of nitrogens with one attached hydrogen (secondary N) is 1. The molecule has 0 atom stereocenters. The third-order valence-corrected chi connectivity index (χ3v) is 5.22. The SMILES string of the molecule is CC(=O)N1CC[NH+](Cc2cc3ccc(C)c(C)c3nc2Cl)CC1. The van der Waals surface area contributed by atoms with Gasteiger partial charge in [0.2, 0.25) is 5.91 Å². The van der Waals surface area contributed by atoms with Gasteiger partial charge in [-0.05, 0) is 31.0 Å². The second kappa shape index (κ2) is 6.46. The first-order valence-electron chi connectivity index (χ1n) is 8.10. The van der Waals surface area contributed by atoms with Gasteiger partial charge in [-0.25, -0.2) is 4.98 Å². The lowest BCUT2D eigenvalue weighted by Crippen LogP contribution is -3.13. The summed E-state index contributed by atoms with van der Waals surface area (Å²) >= 11 is 6.44. The van der Waals surface area contributed by atoms with Crippen molar-refractivity contribution in [2.45, 2.75) is 27.3 Å². The quantitative estimate of drug-likeness (QED) is 0.851. The maximum absolute atomic E-state index is 11.4. The third-order valence-electron chi connectivity index (χ3n) is 4.89. The number of amides is 1. The Morgan fingerprint density at radius 1 is 1.30 bits per heavy atom. The van der Waals surface area contributed by atoms with Crippen LogP contribution >= 0.6 is 11.6 Å². The van der Waals surface area contributed by atoms with E-state index in [9.17, 15) is 4.79 Å². The molecule has 1 fully saturated rings. The zero-order valence-corrected chi connectivity index (χ0v) is 14.7. The van der Waals surface area contributed by atoms with Crippen LogP contribution in [-0.2, 0) is 11.3 Å². The number of pyridine rings is 1. The van der Waals surface area contributed by atoms with Crippen molar-refractivity contribution < 1.29 is 9.69 Å². The number of piperazine rings is 1. The number of rotatable bonds is 2. The van der Waals surface area contributed by atoms with Crippen molar-refractivity contribution in [3.05, 3.63) is 40.0 Å². The molecule has 2 heterocycles. The number of halogens is 1. The van der Waals surface area contributed by atoms with Gasteiger partial charge in [-0.2, -0.15) is 0 Å². The first-order chi connectivity index (χ1) is 11.0. The Morgan fingerprint density at radius 2 is 2.00 bits per heavy atom. The lowest BCUT2D eigenvalue weighted by molar-refractivity contribution is -0.917. The predicted molar refractivity (Wildman–Crippen MR) is 92.9 cm³/mol. The van der Waals surface area contributed by atoms with E-state index in [0.717, 1.165) is 49.2 Å². The number of nitrogens with zero attached hydrogens (tertiary/aromatic N) is 2.